The first kappa shape index (κ1) is 18.8. The number of aromatic nitrogens is 2. The number of rotatable bonds is 7. The number of aryl methyl sites for hydroxylation is 2. The van der Waals surface area contributed by atoms with E-state index in [9.17, 15) is 18.0 Å². The Morgan fingerprint density at radius 1 is 1.32 bits per heavy atom. The van der Waals surface area contributed by atoms with E-state index in [-0.39, 0.29) is 5.69 Å². The average Bonchev–Trinajstić information content (AvgIpc) is 2.95. The van der Waals surface area contributed by atoms with Crippen LogP contribution in [0.15, 0.2) is 30.3 Å². The maximum Gasteiger partial charge on any atom is 0.435 e. The van der Waals surface area contributed by atoms with Gasteiger partial charge in [-0.2, -0.15) is 18.3 Å². The molecule has 5 nitrogen and oxygen atoms in total. The van der Waals surface area contributed by atoms with Crippen LogP contribution in [0.1, 0.15) is 35.1 Å². The van der Waals surface area contributed by atoms with E-state index in [0.29, 0.717) is 26.0 Å². The molecule has 1 heterocycles. The zero-order valence-electron chi connectivity index (χ0n) is 14.1. The number of hydrogen-bond acceptors (Lipinski definition) is 3. The third-order valence-electron chi connectivity index (χ3n) is 3.58. The predicted molar refractivity (Wildman–Crippen MR) is 86.5 cm³/mol. The summed E-state index contributed by atoms with van der Waals surface area (Å²) < 4.78 is 44.3. The fourth-order valence-corrected chi connectivity index (χ4v) is 2.40. The molecule has 136 valence electrons. The molecule has 1 aromatic carbocycles. The molecule has 0 aliphatic rings. The average molecular weight is 355 g/mol. The second-order valence-corrected chi connectivity index (χ2v) is 5.44. The van der Waals surface area contributed by atoms with Gasteiger partial charge in [0.2, 0.25) is 0 Å². The van der Waals surface area contributed by atoms with Crippen molar-refractivity contribution in [3.05, 3.63) is 47.3 Å². The van der Waals surface area contributed by atoms with Crippen molar-refractivity contribution in [3.63, 3.8) is 0 Å². The number of para-hydroxylation sites is 1. The van der Waals surface area contributed by atoms with Crippen LogP contribution in [0.5, 0.6) is 5.75 Å². The third kappa shape index (κ3) is 4.98. The number of carbonyl (C=O) groups excluding carboxylic acids is 1. The fraction of sp³-hybridized carbons (Fsp3) is 0.412. The highest BCUT2D eigenvalue weighted by Gasteiger charge is 2.35. The van der Waals surface area contributed by atoms with Crippen LogP contribution in [0.4, 0.5) is 13.2 Å². The van der Waals surface area contributed by atoms with Gasteiger partial charge < -0.3 is 10.1 Å². The topological polar surface area (TPSA) is 56.1 Å². The van der Waals surface area contributed by atoms with Gasteiger partial charge in [0.25, 0.3) is 5.91 Å². The van der Waals surface area contributed by atoms with Crippen molar-refractivity contribution >= 4 is 5.91 Å². The standard InChI is InChI=1S/C17H20F3N3O2/c1-3-25-14-9-5-4-7-12(14)8-6-10-21-16(24)13-11-15(17(18,19)20)22-23(13)2/h4-5,7,9,11H,3,6,8,10H2,1-2H3,(H,21,24). The van der Waals surface area contributed by atoms with Gasteiger partial charge in [0.15, 0.2) is 5.69 Å². The molecule has 25 heavy (non-hydrogen) atoms. The van der Waals surface area contributed by atoms with Crippen LogP contribution in [0.25, 0.3) is 0 Å². The van der Waals surface area contributed by atoms with E-state index in [1.807, 2.05) is 31.2 Å². The Morgan fingerprint density at radius 2 is 2.04 bits per heavy atom. The molecule has 0 aliphatic heterocycles. The molecule has 0 unspecified atom stereocenters. The third-order valence-corrected chi connectivity index (χ3v) is 3.58. The van der Waals surface area contributed by atoms with Gasteiger partial charge in [0, 0.05) is 19.7 Å². The van der Waals surface area contributed by atoms with Crippen molar-refractivity contribution in [3.8, 4) is 5.75 Å². The number of hydrogen-bond donors (Lipinski definition) is 1. The number of ether oxygens (including phenoxy) is 1. The molecule has 1 aromatic heterocycles. The Morgan fingerprint density at radius 3 is 2.68 bits per heavy atom. The molecule has 1 N–H and O–H groups in total. The Hall–Kier alpha value is -2.51. The van der Waals surface area contributed by atoms with E-state index in [0.717, 1.165) is 22.1 Å². The van der Waals surface area contributed by atoms with Crippen LogP contribution < -0.4 is 10.1 Å². The molecule has 0 atom stereocenters. The highest BCUT2D eigenvalue weighted by atomic mass is 19.4. The largest absolute Gasteiger partial charge is 0.494 e. The smallest absolute Gasteiger partial charge is 0.435 e. The van der Waals surface area contributed by atoms with E-state index in [2.05, 4.69) is 10.4 Å². The fourth-order valence-electron chi connectivity index (χ4n) is 2.40. The summed E-state index contributed by atoms with van der Waals surface area (Å²) in [5.74, 6) is 0.223. The van der Waals surface area contributed by atoms with Gasteiger partial charge in [-0.05, 0) is 31.4 Å². The number of amides is 1. The van der Waals surface area contributed by atoms with Crippen molar-refractivity contribution in [2.24, 2.45) is 7.05 Å². The summed E-state index contributed by atoms with van der Waals surface area (Å²) in [5, 5.41) is 5.94. The zero-order chi connectivity index (χ0) is 18.4. The molecule has 0 fully saturated rings. The molecular formula is C17H20F3N3O2. The monoisotopic (exact) mass is 355 g/mol. The predicted octanol–water partition coefficient (Wildman–Crippen LogP) is 3.20. The molecule has 2 aromatic rings. The summed E-state index contributed by atoms with van der Waals surface area (Å²) in [5.41, 5.74) is -0.175. The van der Waals surface area contributed by atoms with Crippen LogP contribution in [-0.4, -0.2) is 28.8 Å². The number of nitrogens with zero attached hydrogens (tertiary/aromatic N) is 2. The lowest BCUT2D eigenvalue weighted by atomic mass is 10.1. The van der Waals surface area contributed by atoms with Crippen molar-refractivity contribution < 1.29 is 22.7 Å². The second kappa shape index (κ2) is 8.04. The van der Waals surface area contributed by atoms with Gasteiger partial charge >= 0.3 is 6.18 Å². The molecule has 1 amide bonds. The van der Waals surface area contributed by atoms with Crippen LogP contribution in [0, 0.1) is 0 Å². The van der Waals surface area contributed by atoms with Gasteiger partial charge in [-0.3, -0.25) is 9.48 Å². The number of halogens is 3. The first-order valence-electron chi connectivity index (χ1n) is 7.93. The van der Waals surface area contributed by atoms with Crippen molar-refractivity contribution in [1.29, 1.82) is 0 Å². The van der Waals surface area contributed by atoms with Crippen molar-refractivity contribution in [2.45, 2.75) is 25.9 Å². The maximum atomic E-state index is 12.6. The van der Waals surface area contributed by atoms with Gasteiger partial charge in [0.05, 0.1) is 6.61 Å². The Kier molecular flexibility index (Phi) is 6.06. The Balaban J connectivity index is 1.88. The van der Waals surface area contributed by atoms with Crippen LogP contribution >= 0.6 is 0 Å². The zero-order valence-corrected chi connectivity index (χ0v) is 14.1. The highest BCUT2D eigenvalue weighted by molar-refractivity contribution is 5.92. The molecule has 0 spiro atoms. The minimum atomic E-state index is -4.57. The summed E-state index contributed by atoms with van der Waals surface area (Å²) in [6, 6.07) is 8.37. The SMILES string of the molecule is CCOc1ccccc1CCCNC(=O)c1cc(C(F)(F)F)nn1C. The first-order valence-corrected chi connectivity index (χ1v) is 7.93. The van der Waals surface area contributed by atoms with Crippen LogP contribution in [0.2, 0.25) is 0 Å². The molecule has 0 saturated carbocycles. The van der Waals surface area contributed by atoms with Gasteiger partial charge in [-0.15, -0.1) is 0 Å². The van der Waals surface area contributed by atoms with Gasteiger partial charge in [0.1, 0.15) is 11.4 Å². The lowest BCUT2D eigenvalue weighted by Crippen LogP contribution is -2.26. The van der Waals surface area contributed by atoms with Crippen LogP contribution in [0.3, 0.4) is 0 Å². The molecular weight excluding hydrogens is 335 g/mol. The van der Waals surface area contributed by atoms with Gasteiger partial charge in [-0.1, -0.05) is 18.2 Å². The van der Waals surface area contributed by atoms with E-state index in [4.69, 9.17) is 4.74 Å². The summed E-state index contributed by atoms with van der Waals surface area (Å²) in [6.07, 6.45) is -3.24. The maximum absolute atomic E-state index is 12.6. The minimum absolute atomic E-state index is 0.123. The first-order chi connectivity index (χ1) is 11.8. The van der Waals surface area contributed by atoms with Gasteiger partial charge in [-0.25, -0.2) is 0 Å². The normalized spacial score (nSPS) is 11.4. The van der Waals surface area contributed by atoms with E-state index in [1.54, 1.807) is 0 Å². The van der Waals surface area contributed by atoms with E-state index < -0.39 is 17.8 Å². The highest BCUT2D eigenvalue weighted by Crippen LogP contribution is 2.28. The summed E-state index contributed by atoms with van der Waals surface area (Å²) in [7, 11) is 1.31. The van der Waals surface area contributed by atoms with E-state index in [1.165, 1.54) is 7.05 Å². The molecule has 0 saturated heterocycles. The Bertz CT molecular complexity index is 726. The summed E-state index contributed by atoms with van der Waals surface area (Å²) in [4.78, 5) is 12.0. The molecule has 0 radical (unpaired) electrons. The minimum Gasteiger partial charge on any atom is -0.494 e. The van der Waals surface area contributed by atoms with E-state index >= 15 is 0 Å². The van der Waals surface area contributed by atoms with Crippen molar-refractivity contribution in [2.75, 3.05) is 13.2 Å². The molecule has 0 bridgehead atoms. The lowest BCUT2D eigenvalue weighted by Gasteiger charge is -2.10. The summed E-state index contributed by atoms with van der Waals surface area (Å²) >= 11 is 0. The molecule has 2 rings (SSSR count). The second-order valence-electron chi connectivity index (χ2n) is 5.44. The molecule has 0 aliphatic carbocycles. The number of carbonyl (C=O) groups is 1. The lowest BCUT2D eigenvalue weighted by molar-refractivity contribution is -0.141. The number of benzene rings is 1. The number of alkyl halides is 3. The quantitative estimate of drug-likeness (QED) is 0.776. The molecule has 8 heteroatoms. The summed E-state index contributed by atoms with van der Waals surface area (Å²) in [6.45, 7) is 2.81. The Labute approximate surface area is 143 Å². The number of nitrogens with one attached hydrogen (secondary N) is 1. The van der Waals surface area contributed by atoms with Crippen molar-refractivity contribution in [1.82, 2.24) is 15.1 Å². The van der Waals surface area contributed by atoms with Crippen LogP contribution in [-0.2, 0) is 19.6 Å².